The molecule has 0 unspecified atom stereocenters. The van der Waals surface area contributed by atoms with Crippen LogP contribution in [0, 0.1) is 45.3 Å². The van der Waals surface area contributed by atoms with E-state index in [-0.39, 0.29) is 11.1 Å². The molecular weight excluding hydrogens is 599 g/mol. The Morgan fingerprint density at radius 1 is 0.429 bits per heavy atom. The van der Waals surface area contributed by atoms with Crippen molar-refractivity contribution in [3.8, 4) is 24.3 Å². The minimum atomic E-state index is -0.128. The molecule has 0 atom stereocenters. The SMILES string of the molecule is CCCCCCCCCCCCN(CCCCCCCCCCCC)c1ccc(C(=C(C#N)C#N)C(=C(C#N)C#N)c2ccccc2)cc1. The van der Waals surface area contributed by atoms with Crippen LogP contribution in [0.4, 0.5) is 5.69 Å². The van der Waals surface area contributed by atoms with Gasteiger partial charge in [-0.15, -0.1) is 0 Å². The van der Waals surface area contributed by atoms with Crippen molar-refractivity contribution in [2.24, 2.45) is 0 Å². The molecule has 0 aromatic heterocycles. The second-order valence-corrected chi connectivity index (χ2v) is 13.2. The molecule has 2 aromatic rings. The Morgan fingerprint density at radius 2 is 0.755 bits per heavy atom. The van der Waals surface area contributed by atoms with Gasteiger partial charge in [0.25, 0.3) is 0 Å². The predicted molar refractivity (Wildman–Crippen MR) is 205 cm³/mol. The maximum atomic E-state index is 9.94. The lowest BCUT2D eigenvalue weighted by molar-refractivity contribution is 0.543. The molecular formula is C44H59N5. The van der Waals surface area contributed by atoms with Gasteiger partial charge >= 0.3 is 0 Å². The lowest BCUT2D eigenvalue weighted by atomic mass is 9.86. The highest BCUT2D eigenvalue weighted by molar-refractivity contribution is 6.11. The number of nitriles is 4. The van der Waals surface area contributed by atoms with Crippen molar-refractivity contribution in [3.63, 3.8) is 0 Å². The predicted octanol–water partition coefficient (Wildman–Crippen LogP) is 12.6. The van der Waals surface area contributed by atoms with Gasteiger partial charge in [-0.2, -0.15) is 21.0 Å². The number of hydrogen-bond donors (Lipinski definition) is 0. The quantitative estimate of drug-likeness (QED) is 0.0569. The molecule has 0 amide bonds. The smallest absolute Gasteiger partial charge is 0.138 e. The van der Waals surface area contributed by atoms with Gasteiger partial charge in [-0.05, 0) is 36.1 Å². The third kappa shape index (κ3) is 15.6. The Balaban J connectivity index is 2.18. The van der Waals surface area contributed by atoms with Gasteiger partial charge in [0, 0.05) is 29.9 Å². The summed E-state index contributed by atoms with van der Waals surface area (Å²) in [5.41, 5.74) is 2.75. The van der Waals surface area contributed by atoms with Gasteiger partial charge in [-0.1, -0.05) is 172 Å². The minimum Gasteiger partial charge on any atom is -0.372 e. The molecule has 5 heteroatoms. The standard InChI is InChI=1S/C44H59N5/c1-3-5-7-9-11-13-15-17-19-24-32-49(33-25-20-18-16-14-12-10-8-6-4-2)42-30-28-39(29-31-42)44(41(36-47)37-48)43(40(34-45)35-46)38-26-22-21-23-27-38/h21-23,26-31H,3-20,24-25,32-33H2,1-2H3. The maximum Gasteiger partial charge on any atom is 0.138 e. The molecule has 49 heavy (non-hydrogen) atoms. The molecule has 0 spiro atoms. The maximum absolute atomic E-state index is 9.94. The number of rotatable bonds is 26. The van der Waals surface area contributed by atoms with Crippen LogP contribution >= 0.6 is 0 Å². The molecule has 2 aromatic carbocycles. The molecule has 0 N–H and O–H groups in total. The van der Waals surface area contributed by atoms with Crippen molar-refractivity contribution in [2.45, 2.75) is 142 Å². The molecule has 0 saturated heterocycles. The fourth-order valence-electron chi connectivity index (χ4n) is 6.49. The van der Waals surface area contributed by atoms with Crippen LogP contribution in [0.1, 0.15) is 153 Å². The number of benzene rings is 2. The molecule has 5 nitrogen and oxygen atoms in total. The summed E-state index contributed by atoms with van der Waals surface area (Å²) in [5, 5.41) is 39.6. The number of nitrogens with zero attached hydrogens (tertiary/aromatic N) is 5. The van der Waals surface area contributed by atoms with Crippen molar-refractivity contribution in [3.05, 3.63) is 76.9 Å². The van der Waals surface area contributed by atoms with Crippen molar-refractivity contribution in [1.29, 1.82) is 21.0 Å². The Morgan fingerprint density at radius 3 is 1.10 bits per heavy atom. The van der Waals surface area contributed by atoms with E-state index in [1.165, 1.54) is 116 Å². The average Bonchev–Trinajstić information content (AvgIpc) is 3.14. The van der Waals surface area contributed by atoms with E-state index in [1.807, 2.05) is 54.6 Å². The van der Waals surface area contributed by atoms with Crippen molar-refractivity contribution in [2.75, 3.05) is 18.0 Å². The van der Waals surface area contributed by atoms with E-state index in [0.29, 0.717) is 22.3 Å². The molecule has 0 aliphatic carbocycles. The monoisotopic (exact) mass is 657 g/mol. The van der Waals surface area contributed by atoms with Crippen LogP contribution in [0.15, 0.2) is 65.7 Å². The van der Waals surface area contributed by atoms with Crippen LogP contribution in [0.5, 0.6) is 0 Å². The first-order valence-corrected chi connectivity index (χ1v) is 19.1. The first kappa shape index (κ1) is 40.9. The Hall–Kier alpha value is -4.32. The van der Waals surface area contributed by atoms with Crippen molar-refractivity contribution in [1.82, 2.24) is 0 Å². The summed E-state index contributed by atoms with van der Waals surface area (Å²) in [4.78, 5) is 2.49. The van der Waals surface area contributed by atoms with Gasteiger partial charge < -0.3 is 4.90 Å². The number of hydrogen-bond acceptors (Lipinski definition) is 5. The van der Waals surface area contributed by atoms with Gasteiger partial charge in [0.15, 0.2) is 0 Å². The van der Waals surface area contributed by atoms with E-state index >= 15 is 0 Å². The van der Waals surface area contributed by atoms with Crippen molar-refractivity contribution >= 4 is 16.8 Å². The lowest BCUT2D eigenvalue weighted by Crippen LogP contribution is -2.25. The molecule has 0 heterocycles. The summed E-state index contributed by atoms with van der Waals surface area (Å²) in [6, 6.07) is 25.1. The second-order valence-electron chi connectivity index (χ2n) is 13.2. The molecule has 0 fully saturated rings. The third-order valence-electron chi connectivity index (χ3n) is 9.34. The number of unbranched alkanes of at least 4 members (excludes halogenated alkanes) is 18. The Kier molecular flexibility index (Phi) is 22.2. The Bertz CT molecular complexity index is 1370. The van der Waals surface area contributed by atoms with E-state index < -0.39 is 0 Å². The fraction of sp³-hybridized carbons (Fsp3) is 0.545. The van der Waals surface area contributed by atoms with Gasteiger partial charge in [-0.3, -0.25) is 0 Å². The van der Waals surface area contributed by atoms with Crippen molar-refractivity contribution < 1.29 is 0 Å². The summed E-state index contributed by atoms with van der Waals surface area (Å²) in [7, 11) is 0. The fourth-order valence-corrected chi connectivity index (χ4v) is 6.49. The summed E-state index contributed by atoms with van der Waals surface area (Å²) < 4.78 is 0. The zero-order valence-corrected chi connectivity index (χ0v) is 30.5. The molecule has 0 aliphatic rings. The van der Waals surface area contributed by atoms with Crippen LogP contribution in [-0.4, -0.2) is 13.1 Å². The molecule has 0 radical (unpaired) electrons. The minimum absolute atomic E-state index is 0.123. The van der Waals surface area contributed by atoms with E-state index in [0.717, 1.165) is 31.6 Å². The third-order valence-corrected chi connectivity index (χ3v) is 9.34. The van der Waals surface area contributed by atoms with Gasteiger partial charge in [0.1, 0.15) is 35.4 Å². The zero-order valence-electron chi connectivity index (χ0n) is 30.5. The molecule has 0 saturated carbocycles. The average molecular weight is 658 g/mol. The van der Waals surface area contributed by atoms with Gasteiger partial charge in [0.05, 0.1) is 0 Å². The Labute approximate surface area is 298 Å². The second kappa shape index (κ2) is 26.6. The molecule has 2 rings (SSSR count). The van der Waals surface area contributed by atoms with Crippen LogP contribution in [0.3, 0.4) is 0 Å². The summed E-state index contributed by atoms with van der Waals surface area (Å²) in [6.45, 7) is 6.53. The lowest BCUT2D eigenvalue weighted by Gasteiger charge is -2.26. The summed E-state index contributed by atoms with van der Waals surface area (Å²) in [5.74, 6) is 0. The van der Waals surface area contributed by atoms with Crippen LogP contribution in [0.25, 0.3) is 11.1 Å². The van der Waals surface area contributed by atoms with Gasteiger partial charge in [-0.25, -0.2) is 0 Å². The number of allylic oxidation sites excluding steroid dienone is 4. The van der Waals surface area contributed by atoms with Crippen LogP contribution in [0.2, 0.25) is 0 Å². The number of anilines is 1. The highest BCUT2D eigenvalue weighted by Gasteiger charge is 2.21. The largest absolute Gasteiger partial charge is 0.372 e. The zero-order chi connectivity index (χ0) is 35.4. The highest BCUT2D eigenvalue weighted by atomic mass is 15.1. The topological polar surface area (TPSA) is 98.4 Å². The van der Waals surface area contributed by atoms with Gasteiger partial charge in [0.2, 0.25) is 0 Å². The molecule has 0 aliphatic heterocycles. The molecule has 260 valence electrons. The normalized spacial score (nSPS) is 10.3. The highest BCUT2D eigenvalue weighted by Crippen LogP contribution is 2.37. The van der Waals surface area contributed by atoms with Crippen LogP contribution in [-0.2, 0) is 0 Å². The first-order valence-electron chi connectivity index (χ1n) is 19.1. The van der Waals surface area contributed by atoms with E-state index in [1.54, 1.807) is 12.1 Å². The van der Waals surface area contributed by atoms with E-state index in [9.17, 15) is 21.0 Å². The van der Waals surface area contributed by atoms with Crippen LogP contribution < -0.4 is 4.90 Å². The van der Waals surface area contributed by atoms with E-state index in [4.69, 9.17) is 0 Å². The summed E-state index contributed by atoms with van der Waals surface area (Å²) in [6.07, 6.45) is 26.2. The molecule has 0 bridgehead atoms. The first-order chi connectivity index (χ1) is 24.1. The summed E-state index contributed by atoms with van der Waals surface area (Å²) >= 11 is 0. The van der Waals surface area contributed by atoms with E-state index in [2.05, 4.69) is 30.9 Å².